The lowest BCUT2D eigenvalue weighted by molar-refractivity contribution is 0.0940. The molecular weight excluding hydrogens is 340 g/mol. The Morgan fingerprint density at radius 2 is 2.04 bits per heavy atom. The number of hydrogen-bond acceptors (Lipinski definition) is 4. The number of halogens is 1. The van der Waals surface area contributed by atoms with Crippen LogP contribution in [0.15, 0.2) is 42.5 Å². The zero-order valence-corrected chi connectivity index (χ0v) is 15.0. The van der Waals surface area contributed by atoms with E-state index in [2.05, 4.69) is 10.2 Å². The molecule has 5 nitrogen and oxygen atoms in total. The summed E-state index contributed by atoms with van der Waals surface area (Å²) in [4.78, 5) is 14.6. The number of carbonyl (C=O) groups excluding carboxylic acids is 1. The monoisotopic (exact) mass is 360 g/mol. The second-order valence-corrected chi connectivity index (χ2v) is 6.39. The first-order chi connectivity index (χ1) is 12.1. The van der Waals surface area contributed by atoms with Crippen LogP contribution in [0.4, 0.5) is 5.69 Å². The summed E-state index contributed by atoms with van der Waals surface area (Å²) in [7, 11) is 3.23. The molecule has 1 aliphatic heterocycles. The van der Waals surface area contributed by atoms with E-state index in [1.807, 2.05) is 30.3 Å². The molecule has 0 spiro atoms. The van der Waals surface area contributed by atoms with Gasteiger partial charge in [0, 0.05) is 29.7 Å². The maximum absolute atomic E-state index is 12.5. The van der Waals surface area contributed by atoms with E-state index >= 15 is 0 Å². The third-order valence-electron chi connectivity index (χ3n) is 4.34. The summed E-state index contributed by atoms with van der Waals surface area (Å²) in [5, 5.41) is 3.75. The largest absolute Gasteiger partial charge is 0.497 e. The quantitative estimate of drug-likeness (QED) is 0.888. The molecule has 1 atom stereocenters. The van der Waals surface area contributed by atoms with Crippen molar-refractivity contribution < 1.29 is 14.3 Å². The Morgan fingerprint density at radius 3 is 2.80 bits per heavy atom. The standard InChI is InChI=1S/C19H21ClN2O3/c1-24-16-5-3-4-13(10-16)19(23)21-15-8-9-22(12-15)17-11-14(20)6-7-18(17)25-2/h3-7,10-11,15H,8-9,12H2,1-2H3,(H,21,23). The zero-order valence-electron chi connectivity index (χ0n) is 14.3. The van der Waals surface area contributed by atoms with E-state index in [0.29, 0.717) is 22.9 Å². The molecule has 1 heterocycles. The molecule has 1 N–H and O–H groups in total. The van der Waals surface area contributed by atoms with Gasteiger partial charge in [0.25, 0.3) is 5.91 Å². The van der Waals surface area contributed by atoms with Crippen molar-refractivity contribution in [2.24, 2.45) is 0 Å². The third-order valence-corrected chi connectivity index (χ3v) is 4.57. The van der Waals surface area contributed by atoms with Gasteiger partial charge in [-0.3, -0.25) is 4.79 Å². The lowest BCUT2D eigenvalue weighted by Crippen LogP contribution is -2.37. The Morgan fingerprint density at radius 1 is 1.20 bits per heavy atom. The summed E-state index contributed by atoms with van der Waals surface area (Å²) in [5.41, 5.74) is 1.55. The van der Waals surface area contributed by atoms with Crippen LogP contribution in [-0.4, -0.2) is 39.3 Å². The van der Waals surface area contributed by atoms with Crippen LogP contribution in [-0.2, 0) is 0 Å². The average molecular weight is 361 g/mol. The van der Waals surface area contributed by atoms with Gasteiger partial charge in [-0.2, -0.15) is 0 Å². The minimum atomic E-state index is -0.0937. The van der Waals surface area contributed by atoms with Crippen molar-refractivity contribution in [1.82, 2.24) is 5.32 Å². The van der Waals surface area contributed by atoms with Crippen molar-refractivity contribution in [2.75, 3.05) is 32.2 Å². The summed E-state index contributed by atoms with van der Waals surface area (Å²) in [6.45, 7) is 1.55. The maximum atomic E-state index is 12.5. The predicted molar refractivity (Wildman–Crippen MR) is 99.1 cm³/mol. The van der Waals surface area contributed by atoms with E-state index in [0.717, 1.165) is 24.4 Å². The molecule has 0 aliphatic carbocycles. The van der Waals surface area contributed by atoms with E-state index in [1.54, 1.807) is 26.4 Å². The van der Waals surface area contributed by atoms with E-state index in [4.69, 9.17) is 21.1 Å². The highest BCUT2D eigenvalue weighted by molar-refractivity contribution is 6.30. The van der Waals surface area contributed by atoms with Crippen molar-refractivity contribution in [3.05, 3.63) is 53.1 Å². The van der Waals surface area contributed by atoms with E-state index in [-0.39, 0.29) is 11.9 Å². The number of nitrogens with one attached hydrogen (secondary N) is 1. The number of carbonyl (C=O) groups is 1. The summed E-state index contributed by atoms with van der Waals surface area (Å²) < 4.78 is 10.6. The van der Waals surface area contributed by atoms with Crippen molar-refractivity contribution in [3.63, 3.8) is 0 Å². The molecule has 132 valence electrons. The Kier molecular flexibility index (Phi) is 5.34. The van der Waals surface area contributed by atoms with E-state index in [1.165, 1.54) is 0 Å². The van der Waals surface area contributed by atoms with Gasteiger partial charge in [-0.05, 0) is 42.8 Å². The van der Waals surface area contributed by atoms with Crippen LogP contribution in [0.2, 0.25) is 5.02 Å². The molecule has 1 fully saturated rings. The fourth-order valence-electron chi connectivity index (χ4n) is 3.04. The van der Waals surface area contributed by atoms with Crippen molar-refractivity contribution in [2.45, 2.75) is 12.5 Å². The van der Waals surface area contributed by atoms with Gasteiger partial charge in [0.2, 0.25) is 0 Å². The second kappa shape index (κ2) is 7.66. The van der Waals surface area contributed by atoms with Crippen molar-refractivity contribution >= 4 is 23.2 Å². The molecule has 3 rings (SSSR count). The molecule has 0 bridgehead atoms. The number of hydrogen-bond donors (Lipinski definition) is 1. The first-order valence-corrected chi connectivity index (χ1v) is 8.52. The molecule has 25 heavy (non-hydrogen) atoms. The highest BCUT2D eigenvalue weighted by atomic mass is 35.5. The van der Waals surface area contributed by atoms with Gasteiger partial charge in [0.15, 0.2) is 0 Å². The molecule has 0 aromatic heterocycles. The smallest absolute Gasteiger partial charge is 0.251 e. The van der Waals surface area contributed by atoms with Gasteiger partial charge in [-0.15, -0.1) is 0 Å². The van der Waals surface area contributed by atoms with Gasteiger partial charge >= 0.3 is 0 Å². The zero-order chi connectivity index (χ0) is 17.8. The molecule has 1 saturated heterocycles. The van der Waals surface area contributed by atoms with Crippen LogP contribution >= 0.6 is 11.6 Å². The van der Waals surface area contributed by atoms with Crippen molar-refractivity contribution in [3.8, 4) is 11.5 Å². The molecule has 0 radical (unpaired) electrons. The van der Waals surface area contributed by atoms with Gasteiger partial charge in [-0.1, -0.05) is 17.7 Å². The van der Waals surface area contributed by atoms with Crippen LogP contribution in [0.5, 0.6) is 11.5 Å². The van der Waals surface area contributed by atoms with E-state index < -0.39 is 0 Å². The fraction of sp³-hybridized carbons (Fsp3) is 0.316. The van der Waals surface area contributed by atoms with Gasteiger partial charge in [-0.25, -0.2) is 0 Å². The summed E-state index contributed by atoms with van der Waals surface area (Å²) in [6.07, 6.45) is 0.866. The highest BCUT2D eigenvalue weighted by Crippen LogP contribution is 2.33. The Bertz CT molecular complexity index is 766. The Hall–Kier alpha value is -2.40. The second-order valence-electron chi connectivity index (χ2n) is 5.95. The Balaban J connectivity index is 1.67. The molecule has 2 aromatic carbocycles. The third kappa shape index (κ3) is 3.99. The van der Waals surface area contributed by atoms with Crippen LogP contribution in [0, 0.1) is 0 Å². The summed E-state index contributed by atoms with van der Waals surface area (Å²) in [5.74, 6) is 1.36. The lowest BCUT2D eigenvalue weighted by atomic mass is 10.1. The minimum Gasteiger partial charge on any atom is -0.497 e. The minimum absolute atomic E-state index is 0.0717. The molecule has 1 amide bonds. The number of ether oxygens (including phenoxy) is 2. The topological polar surface area (TPSA) is 50.8 Å². The van der Waals surface area contributed by atoms with Gasteiger partial charge < -0.3 is 19.7 Å². The van der Waals surface area contributed by atoms with Crippen LogP contribution in [0.25, 0.3) is 0 Å². The summed E-state index contributed by atoms with van der Waals surface area (Å²) >= 11 is 6.12. The number of methoxy groups -OCH3 is 2. The van der Waals surface area contributed by atoms with Gasteiger partial charge in [0.05, 0.1) is 19.9 Å². The normalized spacial score (nSPS) is 16.6. The van der Waals surface area contributed by atoms with Gasteiger partial charge in [0.1, 0.15) is 11.5 Å². The highest BCUT2D eigenvalue weighted by Gasteiger charge is 2.26. The van der Waals surface area contributed by atoms with Crippen LogP contribution < -0.4 is 19.7 Å². The van der Waals surface area contributed by atoms with Crippen LogP contribution in [0.1, 0.15) is 16.8 Å². The Labute approximate surface area is 152 Å². The average Bonchev–Trinajstić information content (AvgIpc) is 3.10. The van der Waals surface area contributed by atoms with Crippen molar-refractivity contribution in [1.29, 1.82) is 0 Å². The number of rotatable bonds is 5. The lowest BCUT2D eigenvalue weighted by Gasteiger charge is -2.21. The molecule has 1 aliphatic rings. The number of benzene rings is 2. The number of nitrogens with zero attached hydrogens (tertiary/aromatic N) is 1. The molecule has 1 unspecified atom stereocenters. The van der Waals surface area contributed by atoms with Crippen LogP contribution in [0.3, 0.4) is 0 Å². The van der Waals surface area contributed by atoms with E-state index in [9.17, 15) is 4.79 Å². The molecule has 2 aromatic rings. The molecular formula is C19H21ClN2O3. The first-order valence-electron chi connectivity index (χ1n) is 8.14. The predicted octanol–water partition coefficient (Wildman–Crippen LogP) is 3.37. The fourth-order valence-corrected chi connectivity index (χ4v) is 3.21. The maximum Gasteiger partial charge on any atom is 0.251 e. The number of anilines is 1. The number of amides is 1. The first kappa shape index (κ1) is 17.4. The summed E-state index contributed by atoms with van der Waals surface area (Å²) in [6, 6.07) is 12.8. The molecule has 6 heteroatoms. The molecule has 0 saturated carbocycles. The SMILES string of the molecule is COc1cccc(C(=O)NC2CCN(c3cc(Cl)ccc3OC)C2)c1.